The van der Waals surface area contributed by atoms with Crippen LogP contribution in [0.3, 0.4) is 0 Å². The van der Waals surface area contributed by atoms with Crippen molar-refractivity contribution in [2.45, 2.75) is 24.9 Å². The van der Waals surface area contributed by atoms with Crippen molar-refractivity contribution in [3.63, 3.8) is 0 Å². The van der Waals surface area contributed by atoms with Gasteiger partial charge in [-0.1, -0.05) is 0 Å². The lowest BCUT2D eigenvalue weighted by Crippen LogP contribution is -2.51. The van der Waals surface area contributed by atoms with Crippen molar-refractivity contribution in [3.05, 3.63) is 0 Å². The Labute approximate surface area is 117 Å². The summed E-state index contributed by atoms with van der Waals surface area (Å²) in [7, 11) is -1.68. The van der Waals surface area contributed by atoms with E-state index in [0.29, 0.717) is 6.42 Å². The quantitative estimate of drug-likeness (QED) is 0.583. The SMILES string of the molecule is COCCN(C(=O)C(N)CC(=O)O)C1CCS(=O)(=O)C1. The van der Waals surface area contributed by atoms with Crippen LogP contribution in [0.2, 0.25) is 0 Å². The fourth-order valence-corrected chi connectivity index (χ4v) is 3.90. The highest BCUT2D eigenvalue weighted by molar-refractivity contribution is 7.91. The largest absolute Gasteiger partial charge is 0.481 e. The topological polar surface area (TPSA) is 127 Å². The molecule has 1 saturated heterocycles. The van der Waals surface area contributed by atoms with E-state index in [-0.39, 0.29) is 24.7 Å². The van der Waals surface area contributed by atoms with Crippen LogP contribution in [0.4, 0.5) is 0 Å². The number of carbonyl (C=O) groups is 2. The van der Waals surface area contributed by atoms with E-state index >= 15 is 0 Å². The molecular formula is C11H20N2O6S. The molecule has 20 heavy (non-hydrogen) atoms. The average Bonchev–Trinajstić information content (AvgIpc) is 2.69. The minimum Gasteiger partial charge on any atom is -0.481 e. The molecule has 116 valence electrons. The molecular weight excluding hydrogens is 288 g/mol. The Balaban J connectivity index is 2.78. The zero-order valence-electron chi connectivity index (χ0n) is 11.3. The molecule has 1 rings (SSSR count). The number of amides is 1. The van der Waals surface area contributed by atoms with Gasteiger partial charge in [0, 0.05) is 19.7 Å². The summed E-state index contributed by atoms with van der Waals surface area (Å²) >= 11 is 0. The summed E-state index contributed by atoms with van der Waals surface area (Å²) in [4.78, 5) is 24.1. The van der Waals surface area contributed by atoms with Crippen LogP contribution >= 0.6 is 0 Å². The van der Waals surface area contributed by atoms with Gasteiger partial charge in [0.15, 0.2) is 9.84 Å². The first-order valence-corrected chi connectivity index (χ1v) is 8.06. The maximum atomic E-state index is 12.2. The summed E-state index contributed by atoms with van der Waals surface area (Å²) in [5.41, 5.74) is 5.56. The lowest BCUT2D eigenvalue weighted by molar-refractivity contribution is -0.143. The van der Waals surface area contributed by atoms with Crippen LogP contribution in [0.25, 0.3) is 0 Å². The number of carbonyl (C=O) groups excluding carboxylic acids is 1. The standard InChI is InChI=1S/C11H20N2O6S/c1-19-4-3-13(8-2-5-20(17,18)7-8)11(16)9(12)6-10(14)15/h8-9H,2-7,12H2,1H3,(H,14,15). The summed E-state index contributed by atoms with van der Waals surface area (Å²) in [6, 6.07) is -1.63. The molecule has 1 heterocycles. The smallest absolute Gasteiger partial charge is 0.305 e. The maximum absolute atomic E-state index is 12.2. The number of hydrogen-bond acceptors (Lipinski definition) is 6. The van der Waals surface area contributed by atoms with Crippen molar-refractivity contribution >= 4 is 21.7 Å². The molecule has 0 aromatic carbocycles. The van der Waals surface area contributed by atoms with Gasteiger partial charge in [0.05, 0.1) is 30.6 Å². The number of nitrogens with two attached hydrogens (primary N) is 1. The van der Waals surface area contributed by atoms with Crippen molar-refractivity contribution in [2.75, 3.05) is 31.8 Å². The highest BCUT2D eigenvalue weighted by Crippen LogP contribution is 2.18. The van der Waals surface area contributed by atoms with E-state index in [1.165, 1.54) is 12.0 Å². The molecule has 8 nitrogen and oxygen atoms in total. The second-order valence-corrected chi connectivity index (χ2v) is 7.01. The minimum atomic E-state index is -3.14. The maximum Gasteiger partial charge on any atom is 0.305 e. The highest BCUT2D eigenvalue weighted by atomic mass is 32.2. The summed E-state index contributed by atoms with van der Waals surface area (Å²) in [6.45, 7) is 0.435. The minimum absolute atomic E-state index is 0.0304. The molecule has 2 unspecified atom stereocenters. The molecule has 0 aliphatic carbocycles. The molecule has 2 atom stereocenters. The van der Waals surface area contributed by atoms with Gasteiger partial charge in [0.25, 0.3) is 0 Å². The number of carboxylic acids is 1. The highest BCUT2D eigenvalue weighted by Gasteiger charge is 2.36. The number of aliphatic carboxylic acids is 1. The number of sulfone groups is 1. The third kappa shape index (κ3) is 4.73. The number of carboxylic acid groups (broad SMARTS) is 1. The molecule has 0 aromatic heterocycles. The van der Waals surface area contributed by atoms with Gasteiger partial charge in [-0.05, 0) is 6.42 Å². The molecule has 0 saturated carbocycles. The Kier molecular flexibility index (Phi) is 5.90. The zero-order valence-corrected chi connectivity index (χ0v) is 12.1. The van der Waals surface area contributed by atoms with Crippen LogP contribution in [0, 0.1) is 0 Å². The molecule has 1 aliphatic rings. The Morgan fingerprint density at radius 2 is 2.15 bits per heavy atom. The summed E-state index contributed by atoms with van der Waals surface area (Å²) in [5, 5.41) is 8.67. The van der Waals surface area contributed by atoms with Gasteiger partial charge in [-0.3, -0.25) is 9.59 Å². The summed E-state index contributed by atoms with van der Waals surface area (Å²) < 4.78 is 27.9. The van der Waals surface area contributed by atoms with Crippen molar-refractivity contribution in [1.29, 1.82) is 0 Å². The van der Waals surface area contributed by atoms with Crippen LogP contribution in [-0.4, -0.2) is 74.2 Å². The van der Waals surface area contributed by atoms with E-state index in [9.17, 15) is 18.0 Å². The van der Waals surface area contributed by atoms with Gasteiger partial charge >= 0.3 is 5.97 Å². The van der Waals surface area contributed by atoms with E-state index in [0.717, 1.165) is 0 Å². The van der Waals surface area contributed by atoms with Crippen LogP contribution in [0.1, 0.15) is 12.8 Å². The third-order valence-electron chi connectivity index (χ3n) is 3.18. The first-order valence-electron chi connectivity index (χ1n) is 6.24. The zero-order chi connectivity index (χ0) is 15.3. The molecule has 0 radical (unpaired) electrons. The van der Waals surface area contributed by atoms with Crippen LogP contribution in [0.15, 0.2) is 0 Å². The Morgan fingerprint density at radius 3 is 2.60 bits per heavy atom. The van der Waals surface area contributed by atoms with Gasteiger partial charge in [-0.15, -0.1) is 0 Å². The van der Waals surface area contributed by atoms with Gasteiger partial charge in [-0.25, -0.2) is 8.42 Å². The Hall–Kier alpha value is -1.19. The summed E-state index contributed by atoms with van der Waals surface area (Å²) in [6.07, 6.45) is -0.140. The Bertz CT molecular complexity index is 464. The van der Waals surface area contributed by atoms with E-state index < -0.39 is 40.2 Å². The molecule has 1 aliphatic heterocycles. The summed E-state index contributed by atoms with van der Waals surface area (Å²) in [5.74, 6) is -1.80. The normalized spacial score (nSPS) is 22.4. The van der Waals surface area contributed by atoms with Crippen molar-refractivity contribution in [3.8, 4) is 0 Å². The van der Waals surface area contributed by atoms with Crippen molar-refractivity contribution < 1.29 is 27.9 Å². The second kappa shape index (κ2) is 7.00. The van der Waals surface area contributed by atoms with E-state index in [4.69, 9.17) is 15.6 Å². The van der Waals surface area contributed by atoms with Crippen LogP contribution < -0.4 is 5.73 Å². The Morgan fingerprint density at radius 1 is 1.50 bits per heavy atom. The molecule has 0 spiro atoms. The molecule has 3 N–H and O–H groups in total. The number of ether oxygens (including phenoxy) is 1. The number of nitrogens with zero attached hydrogens (tertiary/aromatic N) is 1. The first kappa shape index (κ1) is 16.9. The lowest BCUT2D eigenvalue weighted by Gasteiger charge is -2.30. The number of methoxy groups -OCH3 is 1. The fourth-order valence-electron chi connectivity index (χ4n) is 2.17. The molecule has 1 amide bonds. The van der Waals surface area contributed by atoms with Gasteiger partial charge in [0.1, 0.15) is 0 Å². The molecule has 9 heteroatoms. The van der Waals surface area contributed by atoms with E-state index in [2.05, 4.69) is 0 Å². The molecule has 0 aromatic rings. The number of rotatable bonds is 7. The van der Waals surface area contributed by atoms with Gasteiger partial charge < -0.3 is 20.5 Å². The molecule has 0 bridgehead atoms. The van der Waals surface area contributed by atoms with E-state index in [1.54, 1.807) is 0 Å². The predicted octanol–water partition coefficient (Wildman–Crippen LogP) is -1.55. The van der Waals surface area contributed by atoms with Crippen LogP contribution in [-0.2, 0) is 24.2 Å². The van der Waals surface area contributed by atoms with Crippen molar-refractivity contribution in [1.82, 2.24) is 4.90 Å². The second-order valence-electron chi connectivity index (χ2n) is 4.79. The van der Waals surface area contributed by atoms with E-state index in [1.807, 2.05) is 0 Å². The average molecular weight is 308 g/mol. The molecule has 1 fully saturated rings. The lowest BCUT2D eigenvalue weighted by atomic mass is 10.1. The van der Waals surface area contributed by atoms with Gasteiger partial charge in [-0.2, -0.15) is 0 Å². The monoisotopic (exact) mass is 308 g/mol. The fraction of sp³-hybridized carbons (Fsp3) is 0.818. The van der Waals surface area contributed by atoms with Crippen LogP contribution in [0.5, 0.6) is 0 Å². The van der Waals surface area contributed by atoms with Gasteiger partial charge in [0.2, 0.25) is 5.91 Å². The first-order chi connectivity index (χ1) is 9.26. The third-order valence-corrected chi connectivity index (χ3v) is 4.93. The van der Waals surface area contributed by atoms with Crippen molar-refractivity contribution in [2.24, 2.45) is 5.73 Å². The predicted molar refractivity (Wildman–Crippen MR) is 70.9 cm³/mol. The number of hydrogen-bond donors (Lipinski definition) is 2.